The van der Waals surface area contributed by atoms with Gasteiger partial charge in [0, 0.05) is 110 Å². The summed E-state index contributed by atoms with van der Waals surface area (Å²) in [7, 11) is 0. The van der Waals surface area contributed by atoms with Crippen LogP contribution in [0.4, 0.5) is 47.3 Å². The molecule has 141 heavy (non-hydrogen) atoms. The van der Waals surface area contributed by atoms with E-state index in [-0.39, 0.29) is 258 Å². The molecular weight excluding hydrogens is 2060 g/mol. The quantitative estimate of drug-likeness (QED) is 0.0371. The second kappa shape index (κ2) is 42.1. The van der Waals surface area contributed by atoms with E-state index in [0.29, 0.717) is 67.0 Å². The first-order valence-electron chi connectivity index (χ1n) is 43.9. The van der Waals surface area contributed by atoms with Crippen molar-refractivity contribution in [3.63, 3.8) is 0 Å². The molecule has 12 heterocycles. The van der Waals surface area contributed by atoms with Gasteiger partial charge in [0.2, 0.25) is 17.7 Å². The van der Waals surface area contributed by atoms with Crippen LogP contribution in [-0.2, 0) is 14.4 Å². The fourth-order valence-electron chi connectivity index (χ4n) is 18.8. The Morgan fingerprint density at radius 1 is 0.383 bits per heavy atom. The predicted octanol–water partition coefficient (Wildman–Crippen LogP) is 23.1. The number of rotatable bonds is 15. The zero-order chi connectivity index (χ0) is 104. The third kappa shape index (κ3) is 18.8. The molecule has 732 valence electrons. The van der Waals surface area contributed by atoms with Gasteiger partial charge in [0.25, 0.3) is 16.7 Å². The molecule has 3 aliphatic heterocycles. The van der Waals surface area contributed by atoms with Crippen LogP contribution in [-0.4, -0.2) is 152 Å². The predicted molar refractivity (Wildman–Crippen MR) is 560 cm³/mol. The second-order valence-corrected chi connectivity index (χ2v) is 40.0. The number of nitriles is 3. The number of carbonyl (C=O) groups is 3. The summed E-state index contributed by atoms with van der Waals surface area (Å²) in [6.07, 6.45) is 8.68. The highest BCUT2D eigenvalue weighted by Gasteiger charge is 2.42. The molecule has 0 unspecified atom stereocenters. The molecule has 3 saturated heterocycles. The van der Waals surface area contributed by atoms with Crippen LogP contribution >= 0.6 is 139 Å². The summed E-state index contributed by atoms with van der Waals surface area (Å²) < 4.78 is 51.3. The number of anilines is 6. The van der Waals surface area contributed by atoms with Gasteiger partial charge < -0.3 is 46.6 Å². The van der Waals surface area contributed by atoms with E-state index in [2.05, 4.69) is 52.9 Å². The number of pyridine rings is 9. The van der Waals surface area contributed by atoms with E-state index in [0.717, 1.165) is 0 Å². The van der Waals surface area contributed by atoms with Gasteiger partial charge in [-0.1, -0.05) is 200 Å². The van der Waals surface area contributed by atoms with Gasteiger partial charge >= 0.3 is 0 Å². The van der Waals surface area contributed by atoms with Crippen LogP contribution < -0.4 is 48.6 Å². The SMILES string of the molecule is C=CC(=O)N1[C@H](C)CN(c2c(C#N)c(=O)n(-c3c(C)ccnc3C(C)C)c3nc(-c4c(F)c(Cl)c(Cl)c(N)c4Cl)c(Cl)cc23)C[C@@H]1C.C=CC(=O)N1[C@H](C)CN(c2c(C#N)c(=O)n(-c3c(C)ccnc3C(C)C)c3nc(-c4c(F)c(Cl)c(Cl)c(N)c4Cl)c(Cl)cc23)C[C@@H]1C.C=CC(=O)N1[C@H](C)CN(c2c(C#N)c(=O)n(-c3c(C)ccnc3C(C)C)c3nc(-c4c(F)c(Cl)c(Cl)c(N)c4Cl)c(Cl)cc23)C[C@@H]1C. The number of fused-ring (bicyclic) bond motifs is 3. The highest BCUT2D eigenvalue weighted by atomic mass is 35.5. The van der Waals surface area contributed by atoms with Crippen molar-refractivity contribution in [1.82, 2.24) is 58.3 Å². The van der Waals surface area contributed by atoms with Crippen molar-refractivity contribution in [3.8, 4) is 69.0 Å². The molecule has 3 amide bonds. The molecule has 0 bridgehead atoms. The van der Waals surface area contributed by atoms with Gasteiger partial charge in [0.15, 0.2) is 17.5 Å². The normalized spacial score (nSPS) is 16.6. The van der Waals surface area contributed by atoms with Crippen LogP contribution in [0, 0.1) is 72.2 Å². The Morgan fingerprint density at radius 2 is 0.596 bits per heavy atom. The van der Waals surface area contributed by atoms with Crippen LogP contribution in [0.2, 0.25) is 60.3 Å². The van der Waals surface area contributed by atoms with E-state index >= 15 is 13.2 Å². The van der Waals surface area contributed by atoms with Crippen LogP contribution in [0.25, 0.3) is 83.9 Å². The Labute approximate surface area is 869 Å². The van der Waals surface area contributed by atoms with Crippen molar-refractivity contribution in [2.75, 3.05) is 71.2 Å². The standard InChI is InChI=1S/3C33H30Cl4FN7O2/c3*1-7-21(46)44-16(5)12-43(13-17(44)6)31-18-10-20(34)29(22-23(35)27(40)25(37)24(36)26(22)38)42-32(18)45(33(47)19(31)11-39)30-15(4)8-9-41-28(30)14(2)3/h3*7-10,14,16-17H,1,12-13,40H2,2-6H3/t3*16-,17+. The first-order valence-corrected chi connectivity index (χ1v) is 48.4. The maximum Gasteiger partial charge on any atom is 0.276 e. The number of nitrogen functional groups attached to an aromatic ring is 3. The van der Waals surface area contributed by atoms with Gasteiger partial charge in [-0.05, 0) is 151 Å². The van der Waals surface area contributed by atoms with Crippen LogP contribution in [0.1, 0.15) is 151 Å². The van der Waals surface area contributed by atoms with E-state index in [1.165, 1.54) is 50.1 Å². The lowest BCUT2D eigenvalue weighted by molar-refractivity contribution is -0.131. The van der Waals surface area contributed by atoms with Gasteiger partial charge in [0.05, 0.1) is 162 Å². The summed E-state index contributed by atoms with van der Waals surface area (Å²) >= 11 is 77.1. The molecule has 0 radical (unpaired) electrons. The molecule has 12 aromatic rings. The number of nitrogens with two attached hydrogens (primary N) is 3. The summed E-state index contributed by atoms with van der Waals surface area (Å²) in [6.45, 7) is 40.8. The Hall–Kier alpha value is -11.6. The zero-order valence-electron chi connectivity index (χ0n) is 78.4. The molecule has 6 N–H and O–H groups in total. The number of hydrogen-bond donors (Lipinski definition) is 3. The average molecular weight is 2150 g/mol. The molecule has 15 rings (SSSR count). The van der Waals surface area contributed by atoms with Crippen molar-refractivity contribution in [2.45, 2.75) is 158 Å². The number of nitrogens with zero attached hydrogens (tertiary/aromatic N) is 18. The van der Waals surface area contributed by atoms with E-state index < -0.39 is 49.2 Å². The maximum absolute atomic E-state index is 15.8. The molecule has 3 aromatic carbocycles. The molecule has 3 aliphatic rings. The van der Waals surface area contributed by atoms with Gasteiger partial charge in [0.1, 0.15) is 51.8 Å². The van der Waals surface area contributed by atoms with E-state index in [9.17, 15) is 44.6 Å². The Bertz CT molecular complexity index is 6860. The Kier molecular flexibility index (Phi) is 31.9. The summed E-state index contributed by atoms with van der Waals surface area (Å²) in [5, 5.41) is 29.4. The minimum Gasteiger partial charge on any atom is -0.396 e. The van der Waals surface area contributed by atoms with Crippen molar-refractivity contribution in [1.29, 1.82) is 15.8 Å². The smallest absolute Gasteiger partial charge is 0.276 e. The number of hydrogen-bond acceptors (Lipinski definition) is 21. The highest BCUT2D eigenvalue weighted by Crippen LogP contribution is 2.52. The number of aromatic nitrogens is 9. The first kappa shape index (κ1) is 107. The lowest BCUT2D eigenvalue weighted by atomic mass is 10.0. The molecule has 0 spiro atoms. The lowest BCUT2D eigenvalue weighted by Gasteiger charge is -2.45. The third-order valence-electron chi connectivity index (χ3n) is 24.9. The first-order chi connectivity index (χ1) is 66.5. The van der Waals surface area contributed by atoms with Gasteiger partial charge in [-0.2, -0.15) is 15.8 Å². The van der Waals surface area contributed by atoms with Gasteiger partial charge in [-0.25, -0.2) is 28.1 Å². The van der Waals surface area contributed by atoms with Crippen molar-refractivity contribution in [3.05, 3.63) is 252 Å². The zero-order valence-corrected chi connectivity index (χ0v) is 87.5. The van der Waals surface area contributed by atoms with Crippen LogP contribution in [0.5, 0.6) is 0 Å². The van der Waals surface area contributed by atoms with E-state index in [4.69, 9.17) is 171 Å². The van der Waals surface area contributed by atoms with Crippen molar-refractivity contribution >= 4 is 224 Å². The summed E-state index contributed by atoms with van der Waals surface area (Å²) in [4.78, 5) is 121. The topological polar surface area (TPSA) is 363 Å². The molecule has 27 nitrogen and oxygen atoms in total. The molecule has 42 heteroatoms. The molecule has 9 aromatic heterocycles. The Morgan fingerprint density at radius 3 is 0.787 bits per heavy atom. The monoisotopic (exact) mass is 2150 g/mol. The molecule has 3 fully saturated rings. The molecular formula is C99H90Cl12F3N21O6. The van der Waals surface area contributed by atoms with Crippen LogP contribution in [0.15, 0.2) is 107 Å². The average Bonchev–Trinajstić information content (AvgIpc) is 0.725. The summed E-state index contributed by atoms with van der Waals surface area (Å²) in [5.41, 5.74) is 19.9. The fourth-order valence-corrected chi connectivity index (χ4v) is 21.6. The number of amides is 3. The number of piperazine rings is 3. The number of carbonyl (C=O) groups excluding carboxylic acids is 3. The van der Waals surface area contributed by atoms with Gasteiger partial charge in [-0.3, -0.25) is 57.4 Å². The largest absolute Gasteiger partial charge is 0.396 e. The highest BCUT2D eigenvalue weighted by molar-refractivity contribution is 6.50. The number of aryl methyl sites for hydroxylation is 3. The summed E-state index contributed by atoms with van der Waals surface area (Å²) in [5.74, 6) is -4.10. The maximum atomic E-state index is 15.8. The molecule has 0 aliphatic carbocycles. The molecule has 0 saturated carbocycles. The van der Waals surface area contributed by atoms with Gasteiger partial charge in [-0.15, -0.1) is 0 Å². The minimum absolute atomic E-state index is 0.0556. The van der Waals surface area contributed by atoms with Crippen molar-refractivity contribution in [2.24, 2.45) is 0 Å². The van der Waals surface area contributed by atoms with Crippen LogP contribution in [0.3, 0.4) is 0 Å². The lowest BCUT2D eigenvalue weighted by Crippen LogP contribution is -2.58. The second-order valence-electron chi connectivity index (χ2n) is 35.3. The molecule has 6 atom stereocenters. The number of benzene rings is 3. The third-order valence-corrected chi connectivity index (χ3v) is 29.5. The van der Waals surface area contributed by atoms with E-state index in [1.807, 2.05) is 119 Å². The minimum atomic E-state index is -1.00. The van der Waals surface area contributed by atoms with E-state index in [1.54, 1.807) is 51.5 Å². The Balaban J connectivity index is 0.000000178. The van der Waals surface area contributed by atoms with Crippen molar-refractivity contribution < 1.29 is 27.6 Å². The number of halogens is 15. The fraction of sp³-hybridized carbons (Fsp3) is 0.303. The summed E-state index contributed by atoms with van der Waals surface area (Å²) in [6, 6.07) is 14.3.